The van der Waals surface area contributed by atoms with Gasteiger partial charge in [-0.2, -0.15) is 0 Å². The Hall–Kier alpha value is -2.64. The Labute approximate surface area is 287 Å². The zero-order valence-electron chi connectivity index (χ0n) is 30.6. The van der Waals surface area contributed by atoms with Crippen LogP contribution in [0, 0.1) is 29.6 Å². The molecule has 2 heterocycles. The Morgan fingerprint density at radius 3 is 2.42 bits per heavy atom. The number of alkyl carbamates (subject to hydrolysis) is 1. The van der Waals surface area contributed by atoms with Crippen molar-refractivity contribution in [3.8, 4) is 0 Å². The summed E-state index contributed by atoms with van der Waals surface area (Å²) in [6.45, 7) is 13.7. The van der Waals surface area contributed by atoms with E-state index in [2.05, 4.69) is 10.3 Å². The van der Waals surface area contributed by atoms with Crippen molar-refractivity contribution >= 4 is 24.1 Å². The normalized spacial score (nSPS) is 38.5. The molecule has 1 amide bonds. The molecule has 0 radical (unpaired) electrons. The Morgan fingerprint density at radius 1 is 1.15 bits per heavy atom. The number of hydrogen-bond donors (Lipinski definition) is 3. The van der Waals surface area contributed by atoms with E-state index in [-0.39, 0.29) is 43.4 Å². The molecule has 0 aromatic heterocycles. The number of nitrogens with zero attached hydrogens (tertiary/aromatic N) is 2. The van der Waals surface area contributed by atoms with Crippen molar-refractivity contribution in [2.45, 2.75) is 117 Å². The van der Waals surface area contributed by atoms with Crippen LogP contribution in [0.5, 0.6) is 0 Å². The van der Waals surface area contributed by atoms with Gasteiger partial charge >= 0.3 is 12.1 Å². The minimum atomic E-state index is -1.19. The van der Waals surface area contributed by atoms with Gasteiger partial charge in [-0.15, -0.1) is 0 Å². The molecule has 2 rings (SSSR count). The molecule has 6 unspecified atom stereocenters. The fourth-order valence-corrected chi connectivity index (χ4v) is 6.90. The Balaban J connectivity index is 2.56. The van der Waals surface area contributed by atoms with Crippen LogP contribution >= 0.6 is 0 Å². The second kappa shape index (κ2) is 20.1. The highest BCUT2D eigenvalue weighted by atomic mass is 16.7. The molecular formula is C36H61N3O9. The van der Waals surface area contributed by atoms with E-state index in [9.17, 15) is 24.6 Å². The number of nitrogens with one attached hydrogen (secondary N) is 1. The molecular weight excluding hydrogens is 618 g/mol. The number of likely N-dealkylation sites (N-methyl/N-ethyl adjacent to an activating group) is 1. The van der Waals surface area contributed by atoms with E-state index < -0.39 is 60.5 Å². The Bertz CT molecular complexity index is 1130. The third-order valence-corrected chi connectivity index (χ3v) is 9.81. The van der Waals surface area contributed by atoms with Crippen LogP contribution < -0.4 is 5.32 Å². The maximum absolute atomic E-state index is 13.3. The van der Waals surface area contributed by atoms with Crippen LogP contribution in [0.15, 0.2) is 28.8 Å². The number of hydrogen-bond acceptors (Lipinski definition) is 11. The third kappa shape index (κ3) is 11.8. The molecule has 2 aliphatic heterocycles. The summed E-state index contributed by atoms with van der Waals surface area (Å²) in [5.41, 5.74) is 1.66. The topological polar surface area (TPSA) is 156 Å². The summed E-state index contributed by atoms with van der Waals surface area (Å²) in [7, 11) is 5.52. The summed E-state index contributed by atoms with van der Waals surface area (Å²) in [4.78, 5) is 44.0. The van der Waals surface area contributed by atoms with Gasteiger partial charge in [0, 0.05) is 49.5 Å². The number of esters is 1. The van der Waals surface area contributed by atoms with Gasteiger partial charge in [0.25, 0.3) is 0 Å². The summed E-state index contributed by atoms with van der Waals surface area (Å²) < 4.78 is 24.2. The van der Waals surface area contributed by atoms with E-state index in [1.54, 1.807) is 20.9 Å². The van der Waals surface area contributed by atoms with Crippen molar-refractivity contribution in [1.29, 1.82) is 0 Å². The van der Waals surface area contributed by atoms with Crippen LogP contribution in [-0.2, 0) is 28.5 Å². The lowest BCUT2D eigenvalue weighted by Crippen LogP contribution is -2.60. The maximum atomic E-state index is 13.3. The van der Waals surface area contributed by atoms with Crippen LogP contribution in [0.1, 0.15) is 74.1 Å². The molecule has 274 valence electrons. The van der Waals surface area contributed by atoms with Crippen molar-refractivity contribution in [3.63, 3.8) is 0 Å². The molecule has 0 bridgehead atoms. The molecule has 12 atom stereocenters. The first-order chi connectivity index (χ1) is 22.7. The van der Waals surface area contributed by atoms with E-state index in [0.717, 1.165) is 17.6 Å². The van der Waals surface area contributed by atoms with Gasteiger partial charge in [-0.05, 0) is 65.6 Å². The average Bonchev–Trinajstić information content (AvgIpc) is 3.02. The lowest BCUT2D eigenvalue weighted by molar-refractivity contribution is -0.294. The summed E-state index contributed by atoms with van der Waals surface area (Å²) >= 11 is 0. The summed E-state index contributed by atoms with van der Waals surface area (Å²) in [6.07, 6.45) is 1.94. The molecule has 48 heavy (non-hydrogen) atoms. The summed E-state index contributed by atoms with van der Waals surface area (Å²) in [6, 6.07) is -0.250. The quantitative estimate of drug-likeness (QED) is 0.241. The van der Waals surface area contributed by atoms with Crippen molar-refractivity contribution in [3.05, 3.63) is 23.8 Å². The van der Waals surface area contributed by atoms with Gasteiger partial charge in [-0.3, -0.25) is 9.79 Å². The SMILES string of the molecule is CCNC(=O)OCC1/C=C(C)/C=C/C(=NC)[C@H](C)C[C@H](CC=O)[C@H](OC2OC(C)C(C)C(N(C)C)C2O)[C@@H](C)[C@H](O)CC(=O)O[C@@H]1CC. The van der Waals surface area contributed by atoms with Crippen LogP contribution in [0.3, 0.4) is 0 Å². The number of carbonyl (C=O) groups is 3. The van der Waals surface area contributed by atoms with Gasteiger partial charge in [0.1, 0.15) is 25.1 Å². The molecule has 0 aromatic rings. The van der Waals surface area contributed by atoms with Gasteiger partial charge in [0.05, 0.1) is 24.7 Å². The van der Waals surface area contributed by atoms with Crippen molar-refractivity contribution in [2.24, 2.45) is 34.6 Å². The molecule has 1 saturated heterocycles. The minimum Gasteiger partial charge on any atom is -0.462 e. The zero-order chi connectivity index (χ0) is 36.1. The minimum absolute atomic E-state index is 0.00906. The number of aliphatic imine (C=N–C) groups is 1. The van der Waals surface area contributed by atoms with E-state index in [4.69, 9.17) is 18.9 Å². The van der Waals surface area contributed by atoms with Crippen LogP contribution in [-0.4, -0.2) is 116 Å². The number of amides is 1. The van der Waals surface area contributed by atoms with Crippen molar-refractivity contribution in [1.82, 2.24) is 10.2 Å². The fourth-order valence-electron chi connectivity index (χ4n) is 6.90. The van der Waals surface area contributed by atoms with Crippen LogP contribution in [0.2, 0.25) is 0 Å². The number of carbonyl (C=O) groups excluding carboxylic acids is 3. The first-order valence-corrected chi connectivity index (χ1v) is 17.4. The van der Waals surface area contributed by atoms with Crippen LogP contribution in [0.25, 0.3) is 0 Å². The summed E-state index contributed by atoms with van der Waals surface area (Å²) in [5, 5.41) is 25.6. The van der Waals surface area contributed by atoms with Crippen LogP contribution in [0.4, 0.5) is 4.79 Å². The number of cyclic esters (lactones) is 1. The second-order valence-electron chi connectivity index (χ2n) is 13.7. The molecule has 2 aliphatic rings. The number of aldehydes is 1. The monoisotopic (exact) mass is 679 g/mol. The second-order valence-corrected chi connectivity index (χ2v) is 13.7. The third-order valence-electron chi connectivity index (χ3n) is 9.81. The van der Waals surface area contributed by atoms with Gasteiger partial charge in [0.2, 0.25) is 0 Å². The largest absolute Gasteiger partial charge is 0.462 e. The van der Waals surface area contributed by atoms with Gasteiger partial charge < -0.3 is 44.2 Å². The number of aliphatic hydroxyl groups is 2. The smallest absolute Gasteiger partial charge is 0.407 e. The highest BCUT2D eigenvalue weighted by molar-refractivity contribution is 5.96. The number of rotatable bonds is 9. The lowest BCUT2D eigenvalue weighted by Gasteiger charge is -2.47. The highest BCUT2D eigenvalue weighted by Gasteiger charge is 2.46. The average molecular weight is 680 g/mol. The van der Waals surface area contributed by atoms with Gasteiger partial charge in [-0.1, -0.05) is 45.4 Å². The Kier molecular flexibility index (Phi) is 17.4. The van der Waals surface area contributed by atoms with E-state index in [0.29, 0.717) is 19.4 Å². The molecule has 0 spiro atoms. The number of aliphatic hydroxyl groups excluding tert-OH is 2. The van der Waals surface area contributed by atoms with E-state index in [1.165, 1.54) is 0 Å². The van der Waals surface area contributed by atoms with E-state index >= 15 is 0 Å². The van der Waals surface area contributed by atoms with Gasteiger partial charge in [0.15, 0.2) is 6.29 Å². The summed E-state index contributed by atoms with van der Waals surface area (Å²) in [5.74, 6) is -2.19. The number of allylic oxidation sites excluding steroid dienone is 3. The molecule has 0 aromatic carbocycles. The van der Waals surface area contributed by atoms with E-state index in [1.807, 2.05) is 71.8 Å². The predicted molar refractivity (Wildman–Crippen MR) is 185 cm³/mol. The molecule has 1 fully saturated rings. The fraction of sp³-hybridized carbons (Fsp3) is 0.778. The molecule has 0 saturated carbocycles. The first kappa shape index (κ1) is 41.5. The lowest BCUT2D eigenvalue weighted by atomic mass is 9.79. The molecule has 3 N–H and O–H groups in total. The zero-order valence-corrected chi connectivity index (χ0v) is 30.6. The van der Waals surface area contributed by atoms with Crippen molar-refractivity contribution in [2.75, 3.05) is 34.3 Å². The first-order valence-electron chi connectivity index (χ1n) is 17.4. The molecule has 0 aliphatic carbocycles. The van der Waals surface area contributed by atoms with Gasteiger partial charge in [-0.25, -0.2) is 4.79 Å². The van der Waals surface area contributed by atoms with Crippen molar-refractivity contribution < 1.29 is 43.5 Å². The molecule has 12 nitrogen and oxygen atoms in total. The Morgan fingerprint density at radius 2 is 1.83 bits per heavy atom. The number of ether oxygens (including phenoxy) is 4. The standard InChI is InChI=1S/C36H61N3O9/c1-11-30-27(20-45-36(44)38-12-2)17-21(3)13-14-28(37-8)22(4)18-26(15-16-40)34(24(6)29(41)19-31(42)47-30)48-35-33(43)32(39(9)10)23(5)25(7)46-35/h13-14,16-17,22-27,29-30,32-35,41,43H,11-12,15,18-20H2,1-10H3,(H,38,44)/b14-13+,21-17+,37-28?/t22-,23?,24+,25?,26+,27?,29-,30-,32?,33?,34-,35?/m1/s1. The predicted octanol–water partition coefficient (Wildman–Crippen LogP) is 3.93. The molecule has 12 heteroatoms. The maximum Gasteiger partial charge on any atom is 0.407 e. The highest BCUT2D eigenvalue weighted by Crippen LogP contribution is 2.35.